The van der Waals surface area contributed by atoms with E-state index in [-0.39, 0.29) is 30.2 Å². The predicted octanol–water partition coefficient (Wildman–Crippen LogP) is 2.38. The highest BCUT2D eigenvalue weighted by molar-refractivity contribution is 7.98. The van der Waals surface area contributed by atoms with Crippen LogP contribution in [0.1, 0.15) is 18.9 Å². The topological polar surface area (TPSA) is 55.1 Å². The summed E-state index contributed by atoms with van der Waals surface area (Å²) in [7, 11) is 0. The third kappa shape index (κ3) is 6.59. The van der Waals surface area contributed by atoms with Gasteiger partial charge in [-0.2, -0.15) is 11.8 Å². The molecule has 1 rings (SSSR count). The maximum atomic E-state index is 13.5. The van der Waals surface area contributed by atoms with Crippen LogP contribution in [0.2, 0.25) is 0 Å². The molecule has 20 heavy (non-hydrogen) atoms. The Morgan fingerprint density at radius 3 is 2.70 bits per heavy atom. The number of benzene rings is 1. The zero-order valence-corrected chi connectivity index (χ0v) is 13.4. The summed E-state index contributed by atoms with van der Waals surface area (Å²) in [4.78, 5) is 11.8. The van der Waals surface area contributed by atoms with Gasteiger partial charge in [-0.3, -0.25) is 4.79 Å². The van der Waals surface area contributed by atoms with Gasteiger partial charge in [-0.05, 0) is 43.4 Å². The van der Waals surface area contributed by atoms with E-state index in [1.807, 2.05) is 13.2 Å². The van der Waals surface area contributed by atoms with Gasteiger partial charge in [0, 0.05) is 6.04 Å². The van der Waals surface area contributed by atoms with Crippen molar-refractivity contribution in [1.29, 1.82) is 0 Å². The number of nitrogens with two attached hydrogens (primary N) is 1. The molecule has 0 aromatic heterocycles. The number of thioether (sulfide) groups is 1. The van der Waals surface area contributed by atoms with Gasteiger partial charge in [-0.1, -0.05) is 18.2 Å². The first-order chi connectivity index (χ1) is 9.04. The zero-order valence-electron chi connectivity index (χ0n) is 11.8. The quantitative estimate of drug-likeness (QED) is 0.811. The van der Waals surface area contributed by atoms with Gasteiger partial charge in [0.1, 0.15) is 5.82 Å². The molecule has 0 radical (unpaired) electrons. The van der Waals surface area contributed by atoms with Crippen LogP contribution in [-0.2, 0) is 11.2 Å². The van der Waals surface area contributed by atoms with E-state index in [9.17, 15) is 9.18 Å². The van der Waals surface area contributed by atoms with Crippen molar-refractivity contribution in [1.82, 2.24) is 5.32 Å². The number of amides is 1. The highest BCUT2D eigenvalue weighted by atomic mass is 35.5. The Morgan fingerprint density at radius 2 is 2.10 bits per heavy atom. The van der Waals surface area contributed by atoms with Crippen molar-refractivity contribution in [2.45, 2.75) is 31.8 Å². The van der Waals surface area contributed by atoms with Gasteiger partial charge in [-0.15, -0.1) is 12.4 Å². The van der Waals surface area contributed by atoms with E-state index in [0.29, 0.717) is 18.4 Å². The van der Waals surface area contributed by atoms with Crippen LogP contribution in [-0.4, -0.2) is 30.0 Å². The number of hydrogen-bond donors (Lipinski definition) is 2. The molecule has 2 atom stereocenters. The third-order valence-corrected chi connectivity index (χ3v) is 3.49. The van der Waals surface area contributed by atoms with Crippen molar-refractivity contribution in [2.24, 2.45) is 5.73 Å². The van der Waals surface area contributed by atoms with Crippen molar-refractivity contribution in [3.05, 3.63) is 35.6 Å². The van der Waals surface area contributed by atoms with E-state index in [0.717, 1.165) is 5.75 Å². The molecular formula is C14H22ClFN2OS. The Morgan fingerprint density at radius 1 is 1.45 bits per heavy atom. The molecule has 0 saturated heterocycles. The first-order valence-corrected chi connectivity index (χ1v) is 7.72. The summed E-state index contributed by atoms with van der Waals surface area (Å²) < 4.78 is 13.5. The lowest BCUT2D eigenvalue weighted by Crippen LogP contribution is -2.45. The fourth-order valence-corrected chi connectivity index (χ4v) is 2.26. The lowest BCUT2D eigenvalue weighted by molar-refractivity contribution is -0.123. The van der Waals surface area contributed by atoms with E-state index in [4.69, 9.17) is 5.73 Å². The lowest BCUT2D eigenvalue weighted by atomic mass is 10.1. The van der Waals surface area contributed by atoms with E-state index < -0.39 is 6.04 Å². The van der Waals surface area contributed by atoms with E-state index >= 15 is 0 Å². The van der Waals surface area contributed by atoms with E-state index in [1.54, 1.807) is 30.0 Å². The van der Waals surface area contributed by atoms with Crippen LogP contribution in [0.4, 0.5) is 4.39 Å². The van der Waals surface area contributed by atoms with Gasteiger partial charge in [0.05, 0.1) is 6.04 Å². The Bertz CT molecular complexity index is 420. The van der Waals surface area contributed by atoms with Crippen molar-refractivity contribution < 1.29 is 9.18 Å². The van der Waals surface area contributed by atoms with Crippen LogP contribution in [0.3, 0.4) is 0 Å². The second-order valence-electron chi connectivity index (χ2n) is 4.59. The Hall–Kier alpha value is -0.780. The van der Waals surface area contributed by atoms with Gasteiger partial charge in [0.2, 0.25) is 5.91 Å². The highest BCUT2D eigenvalue weighted by Gasteiger charge is 2.16. The average Bonchev–Trinajstić information content (AvgIpc) is 2.38. The molecule has 3 N–H and O–H groups in total. The van der Waals surface area contributed by atoms with E-state index in [2.05, 4.69) is 5.32 Å². The first-order valence-electron chi connectivity index (χ1n) is 6.33. The van der Waals surface area contributed by atoms with Gasteiger partial charge in [0.25, 0.3) is 0 Å². The fraction of sp³-hybridized carbons (Fsp3) is 0.500. The molecule has 0 aliphatic carbocycles. The normalized spacial score (nSPS) is 13.2. The summed E-state index contributed by atoms with van der Waals surface area (Å²) >= 11 is 1.66. The summed E-state index contributed by atoms with van der Waals surface area (Å²) in [6.45, 7) is 1.85. The van der Waals surface area contributed by atoms with Crippen LogP contribution < -0.4 is 11.1 Å². The van der Waals surface area contributed by atoms with E-state index in [1.165, 1.54) is 6.07 Å². The maximum Gasteiger partial charge on any atom is 0.237 e. The highest BCUT2D eigenvalue weighted by Crippen LogP contribution is 2.09. The maximum absolute atomic E-state index is 13.5. The number of rotatable bonds is 7. The minimum Gasteiger partial charge on any atom is -0.352 e. The molecule has 1 amide bonds. The summed E-state index contributed by atoms with van der Waals surface area (Å²) in [6, 6.07) is 5.97. The molecule has 1 aromatic rings. The molecule has 0 fully saturated rings. The van der Waals surface area contributed by atoms with Crippen LogP contribution in [0, 0.1) is 5.82 Å². The standard InChI is InChI=1S/C14H21FN2OS.ClH/c1-10(9-11-5-3-4-6-12(11)15)17-14(18)13(16)7-8-19-2;/h3-6,10,13H,7-9,16H2,1-2H3,(H,17,18);1H/t10?,13-;/m0./s1. The molecule has 0 aliphatic heterocycles. The number of hydrogen-bond acceptors (Lipinski definition) is 3. The van der Waals surface area contributed by atoms with Crippen molar-refractivity contribution in [3.8, 4) is 0 Å². The molecular weight excluding hydrogens is 299 g/mol. The molecule has 0 aliphatic rings. The first kappa shape index (κ1) is 19.2. The number of halogens is 2. The monoisotopic (exact) mass is 320 g/mol. The Balaban J connectivity index is 0.00000361. The van der Waals surface area contributed by atoms with Gasteiger partial charge >= 0.3 is 0 Å². The second kappa shape index (κ2) is 10.0. The van der Waals surface area contributed by atoms with Crippen LogP contribution in [0.25, 0.3) is 0 Å². The summed E-state index contributed by atoms with van der Waals surface area (Å²) in [5.41, 5.74) is 6.38. The molecule has 1 aromatic carbocycles. The minimum atomic E-state index is -0.490. The third-order valence-electron chi connectivity index (χ3n) is 2.84. The molecule has 0 bridgehead atoms. The minimum absolute atomic E-state index is 0. The van der Waals surface area contributed by atoms with Crippen molar-refractivity contribution >= 4 is 30.1 Å². The van der Waals surface area contributed by atoms with Crippen molar-refractivity contribution in [2.75, 3.05) is 12.0 Å². The Labute approximate surface area is 130 Å². The fourth-order valence-electron chi connectivity index (χ4n) is 1.77. The summed E-state index contributed by atoms with van der Waals surface area (Å²) in [5.74, 6) is 0.448. The molecule has 0 heterocycles. The molecule has 3 nitrogen and oxygen atoms in total. The largest absolute Gasteiger partial charge is 0.352 e. The van der Waals surface area contributed by atoms with Gasteiger partial charge in [-0.25, -0.2) is 4.39 Å². The Kier molecular flexibility index (Phi) is 9.63. The zero-order chi connectivity index (χ0) is 14.3. The number of carbonyl (C=O) groups excluding carboxylic acids is 1. The van der Waals surface area contributed by atoms with Gasteiger partial charge in [0.15, 0.2) is 0 Å². The molecule has 0 spiro atoms. The van der Waals surface area contributed by atoms with Crippen LogP contribution >= 0.6 is 24.2 Å². The number of carbonyl (C=O) groups is 1. The van der Waals surface area contributed by atoms with Gasteiger partial charge < -0.3 is 11.1 Å². The number of nitrogens with one attached hydrogen (secondary N) is 1. The average molecular weight is 321 g/mol. The summed E-state index contributed by atoms with van der Waals surface area (Å²) in [6.07, 6.45) is 3.10. The smallest absolute Gasteiger partial charge is 0.237 e. The lowest BCUT2D eigenvalue weighted by Gasteiger charge is -2.17. The van der Waals surface area contributed by atoms with Crippen LogP contribution in [0.15, 0.2) is 24.3 Å². The molecule has 114 valence electrons. The second-order valence-corrected chi connectivity index (χ2v) is 5.58. The molecule has 1 unspecified atom stereocenters. The van der Waals surface area contributed by atoms with Crippen molar-refractivity contribution in [3.63, 3.8) is 0 Å². The summed E-state index contributed by atoms with van der Waals surface area (Å²) in [5, 5.41) is 2.82. The SMILES string of the molecule is CSCC[C@H](N)C(=O)NC(C)Cc1ccccc1F.Cl. The molecule has 6 heteroatoms. The van der Waals surface area contributed by atoms with Crippen LogP contribution in [0.5, 0.6) is 0 Å². The predicted molar refractivity (Wildman–Crippen MR) is 85.9 cm³/mol. The molecule has 0 saturated carbocycles.